The molecular formula is C15H12O3S3. The Morgan fingerprint density at radius 3 is 2.38 bits per heavy atom. The van der Waals surface area contributed by atoms with Crippen LogP contribution in [-0.4, -0.2) is 14.6 Å². The van der Waals surface area contributed by atoms with Gasteiger partial charge in [0.1, 0.15) is 11.5 Å². The number of carboxylic acids is 1. The standard InChI is InChI=1S/C14H10O3.CH2S3/c15-14(16)10-5-3-7-13-11(10)8-9-4-1-2-6-12(9)17-13;2-1(3)4/h1-7H,8H2,(H,15,16);(H2,2,3,4). The number of carboxylic acid groups (broad SMARTS) is 1. The maximum absolute atomic E-state index is 11.1. The van der Waals surface area contributed by atoms with Gasteiger partial charge in [-0.2, -0.15) is 0 Å². The average molecular weight is 336 g/mol. The monoisotopic (exact) mass is 336 g/mol. The van der Waals surface area contributed by atoms with Crippen molar-refractivity contribution >= 4 is 47.0 Å². The van der Waals surface area contributed by atoms with Crippen molar-refractivity contribution < 1.29 is 14.6 Å². The van der Waals surface area contributed by atoms with Crippen LogP contribution in [-0.2, 0) is 6.42 Å². The van der Waals surface area contributed by atoms with Gasteiger partial charge in [-0.05, 0) is 23.8 Å². The fourth-order valence-electron chi connectivity index (χ4n) is 2.10. The molecule has 0 saturated carbocycles. The molecule has 0 aliphatic carbocycles. The lowest BCUT2D eigenvalue weighted by Gasteiger charge is -2.21. The van der Waals surface area contributed by atoms with E-state index in [9.17, 15) is 4.79 Å². The summed E-state index contributed by atoms with van der Waals surface area (Å²) in [5.41, 5.74) is 2.09. The smallest absolute Gasteiger partial charge is 0.336 e. The first-order valence-corrected chi connectivity index (χ1v) is 7.32. The van der Waals surface area contributed by atoms with Gasteiger partial charge in [0.2, 0.25) is 0 Å². The largest absolute Gasteiger partial charge is 0.478 e. The van der Waals surface area contributed by atoms with E-state index in [1.807, 2.05) is 24.3 Å². The third-order valence-electron chi connectivity index (χ3n) is 2.92. The SMILES string of the molecule is O=C(O)c1cccc2c1Cc1ccccc1O2.S=C(S)S. The Morgan fingerprint density at radius 2 is 1.71 bits per heavy atom. The summed E-state index contributed by atoms with van der Waals surface area (Å²) in [6.07, 6.45) is 0.605. The number of para-hydroxylation sites is 1. The Bertz CT molecular complexity index is 694. The lowest BCUT2D eigenvalue weighted by molar-refractivity contribution is 0.0695. The Kier molecular flexibility index (Phi) is 5.27. The van der Waals surface area contributed by atoms with Gasteiger partial charge in [0.05, 0.1) is 9.09 Å². The van der Waals surface area contributed by atoms with Crippen molar-refractivity contribution in [2.45, 2.75) is 6.42 Å². The summed E-state index contributed by atoms with van der Waals surface area (Å²) in [6, 6.07) is 12.8. The number of thiol groups is 2. The second-order valence-corrected chi connectivity index (χ2v) is 6.52. The molecule has 1 heterocycles. The zero-order valence-electron chi connectivity index (χ0n) is 10.8. The number of carbonyl (C=O) groups is 1. The lowest BCUT2D eigenvalue weighted by atomic mass is 9.96. The summed E-state index contributed by atoms with van der Waals surface area (Å²) >= 11 is 11.4. The number of hydrogen-bond acceptors (Lipinski definition) is 3. The molecule has 0 fully saturated rings. The zero-order valence-corrected chi connectivity index (χ0v) is 13.4. The molecule has 3 nitrogen and oxygen atoms in total. The molecule has 0 spiro atoms. The Hall–Kier alpha value is -1.50. The van der Waals surface area contributed by atoms with Crippen molar-refractivity contribution in [1.82, 2.24) is 0 Å². The maximum atomic E-state index is 11.1. The molecule has 0 radical (unpaired) electrons. The summed E-state index contributed by atoms with van der Waals surface area (Å²) in [5, 5.41) is 9.13. The van der Waals surface area contributed by atoms with Crippen LogP contribution in [0.1, 0.15) is 21.5 Å². The second kappa shape index (κ2) is 6.98. The van der Waals surface area contributed by atoms with E-state index in [4.69, 9.17) is 9.84 Å². The summed E-state index contributed by atoms with van der Waals surface area (Å²) in [5.74, 6) is 0.538. The van der Waals surface area contributed by atoms with E-state index in [1.54, 1.807) is 18.2 Å². The first-order valence-electron chi connectivity index (χ1n) is 6.02. The molecule has 0 aromatic heterocycles. The van der Waals surface area contributed by atoms with Gasteiger partial charge >= 0.3 is 5.97 Å². The predicted molar refractivity (Wildman–Crippen MR) is 93.3 cm³/mol. The summed E-state index contributed by atoms with van der Waals surface area (Å²) < 4.78 is 6.09. The number of benzene rings is 2. The number of fused-ring (bicyclic) bond motifs is 2. The van der Waals surface area contributed by atoms with Gasteiger partial charge in [0.15, 0.2) is 0 Å². The fourth-order valence-corrected chi connectivity index (χ4v) is 2.10. The van der Waals surface area contributed by atoms with Crippen LogP contribution in [0.15, 0.2) is 42.5 Å². The highest BCUT2D eigenvalue weighted by molar-refractivity contribution is 8.34. The van der Waals surface area contributed by atoms with Crippen LogP contribution in [0.4, 0.5) is 0 Å². The van der Waals surface area contributed by atoms with Crippen LogP contribution in [0.3, 0.4) is 0 Å². The third kappa shape index (κ3) is 4.00. The molecule has 0 amide bonds. The first kappa shape index (κ1) is 15.9. The lowest BCUT2D eigenvalue weighted by Crippen LogP contribution is -2.09. The van der Waals surface area contributed by atoms with Gasteiger partial charge in [-0.25, -0.2) is 4.79 Å². The van der Waals surface area contributed by atoms with Crippen molar-refractivity contribution in [3.63, 3.8) is 0 Å². The molecule has 21 heavy (non-hydrogen) atoms. The van der Waals surface area contributed by atoms with E-state index >= 15 is 0 Å². The molecule has 108 valence electrons. The first-order chi connectivity index (χ1) is 9.99. The normalized spacial score (nSPS) is 11.1. The highest BCUT2D eigenvalue weighted by atomic mass is 32.2. The van der Waals surface area contributed by atoms with Gasteiger partial charge in [-0.3, -0.25) is 0 Å². The van der Waals surface area contributed by atoms with Crippen LogP contribution in [0.5, 0.6) is 11.5 Å². The summed E-state index contributed by atoms with van der Waals surface area (Å²) in [4.78, 5) is 11.1. The van der Waals surface area contributed by atoms with Crippen molar-refractivity contribution in [2.24, 2.45) is 0 Å². The maximum Gasteiger partial charge on any atom is 0.336 e. The van der Waals surface area contributed by atoms with Crippen LogP contribution in [0.2, 0.25) is 0 Å². The van der Waals surface area contributed by atoms with E-state index < -0.39 is 5.97 Å². The molecule has 1 aliphatic rings. The Labute approximate surface area is 138 Å². The number of thiocarbonyl (C=S) groups is 1. The number of ether oxygens (including phenoxy) is 1. The van der Waals surface area contributed by atoms with E-state index in [-0.39, 0.29) is 0 Å². The number of rotatable bonds is 1. The molecule has 1 aliphatic heterocycles. The third-order valence-corrected chi connectivity index (χ3v) is 2.92. The molecule has 1 N–H and O–H groups in total. The van der Waals surface area contributed by atoms with Gasteiger partial charge in [0, 0.05) is 12.0 Å². The molecule has 0 bridgehead atoms. The zero-order chi connectivity index (χ0) is 15.4. The van der Waals surface area contributed by atoms with Crippen LogP contribution < -0.4 is 4.74 Å². The molecular weight excluding hydrogens is 324 g/mol. The van der Waals surface area contributed by atoms with Crippen LogP contribution in [0, 0.1) is 0 Å². The number of aromatic carboxylic acids is 1. The number of hydrogen-bond donors (Lipinski definition) is 3. The van der Waals surface area contributed by atoms with Gasteiger partial charge < -0.3 is 9.84 Å². The minimum absolute atomic E-state index is 0.317. The molecule has 0 unspecified atom stereocenters. The predicted octanol–water partition coefficient (Wildman–Crippen LogP) is 4.21. The van der Waals surface area contributed by atoms with E-state index in [2.05, 4.69) is 37.5 Å². The van der Waals surface area contributed by atoms with Crippen molar-refractivity contribution in [2.75, 3.05) is 0 Å². The second-order valence-electron chi connectivity index (χ2n) is 4.26. The molecule has 0 atom stereocenters. The quantitative estimate of drug-likeness (QED) is 0.460. The Balaban J connectivity index is 0.000000361. The van der Waals surface area contributed by atoms with Crippen molar-refractivity contribution in [1.29, 1.82) is 0 Å². The van der Waals surface area contributed by atoms with Crippen LogP contribution >= 0.6 is 37.5 Å². The molecule has 6 heteroatoms. The topological polar surface area (TPSA) is 46.5 Å². The van der Waals surface area contributed by atoms with Gasteiger partial charge in [-0.15, -0.1) is 25.3 Å². The molecule has 0 saturated heterocycles. The molecule has 3 rings (SSSR count). The highest BCUT2D eigenvalue weighted by Crippen LogP contribution is 2.37. The minimum Gasteiger partial charge on any atom is -0.478 e. The van der Waals surface area contributed by atoms with Crippen molar-refractivity contribution in [3.05, 3.63) is 59.2 Å². The average Bonchev–Trinajstić information content (AvgIpc) is 2.43. The van der Waals surface area contributed by atoms with E-state index in [1.165, 1.54) is 0 Å². The van der Waals surface area contributed by atoms with E-state index in [0.717, 1.165) is 16.9 Å². The van der Waals surface area contributed by atoms with Gasteiger partial charge in [0.25, 0.3) is 0 Å². The fraction of sp³-hybridized carbons (Fsp3) is 0.0667. The highest BCUT2D eigenvalue weighted by Gasteiger charge is 2.21. The Morgan fingerprint density at radius 1 is 1.10 bits per heavy atom. The van der Waals surface area contributed by atoms with Crippen LogP contribution in [0.25, 0.3) is 0 Å². The van der Waals surface area contributed by atoms with Gasteiger partial charge in [-0.1, -0.05) is 36.5 Å². The molecule has 2 aromatic carbocycles. The summed E-state index contributed by atoms with van der Waals surface area (Å²) in [7, 11) is 0. The van der Waals surface area contributed by atoms with Crippen molar-refractivity contribution in [3.8, 4) is 11.5 Å². The molecule has 2 aromatic rings. The van der Waals surface area contributed by atoms with E-state index in [0.29, 0.717) is 21.3 Å². The summed E-state index contributed by atoms with van der Waals surface area (Å²) in [6.45, 7) is 0. The minimum atomic E-state index is -0.912.